The van der Waals surface area contributed by atoms with Gasteiger partial charge in [0, 0.05) is 93.9 Å². The molecule has 9 saturated carbocycles. The predicted molar refractivity (Wildman–Crippen MR) is 535 cm³/mol. The van der Waals surface area contributed by atoms with E-state index < -0.39 is 85.0 Å². The van der Waals surface area contributed by atoms with E-state index in [0.717, 1.165) is 114 Å². The molecule has 139 heavy (non-hydrogen) atoms. The van der Waals surface area contributed by atoms with E-state index in [9.17, 15) is 84.3 Å². The number of fused-ring (bicyclic) bond motifs is 3. The highest BCUT2D eigenvalue weighted by Gasteiger charge is 2.76. The van der Waals surface area contributed by atoms with Crippen LogP contribution in [-0.2, 0) is 71.7 Å². The molecule has 1 aromatic carbocycles. The molecule has 12 rings (SSSR count). The normalized spacial score (nSPS) is 24.7. The van der Waals surface area contributed by atoms with Gasteiger partial charge < -0.3 is 46.1 Å². The highest BCUT2D eigenvalue weighted by atomic mass is 19.2. The van der Waals surface area contributed by atoms with Crippen molar-refractivity contribution in [3.8, 4) is 0 Å². The fourth-order valence-corrected chi connectivity index (χ4v) is 19.9. The Morgan fingerprint density at radius 3 is 1.14 bits per heavy atom. The van der Waals surface area contributed by atoms with Crippen LogP contribution in [0.15, 0.2) is 0 Å². The van der Waals surface area contributed by atoms with Crippen LogP contribution in [0.5, 0.6) is 0 Å². The molecule has 8 bridgehead atoms. The Bertz CT molecular complexity index is 4280. The monoisotopic (exact) mass is 1970 g/mol. The minimum absolute atomic E-state index is 0.0136. The maximum Gasteiger partial charge on any atom is 0.313 e. The van der Waals surface area contributed by atoms with Crippen LogP contribution in [0.2, 0.25) is 0 Å². The fraction of sp³-hybridized carbons (Fsp3) is 0.827. The summed E-state index contributed by atoms with van der Waals surface area (Å²) in [6.45, 7) is 65.0. The Balaban J connectivity index is 0.000000335. The zero-order valence-corrected chi connectivity index (χ0v) is 91.5. The summed E-state index contributed by atoms with van der Waals surface area (Å²) in [5, 5.41) is 22.5. The van der Waals surface area contributed by atoms with Gasteiger partial charge in [0.2, 0.25) is 53.1 Å². The molecule has 24 nitrogen and oxygen atoms in total. The SMILES string of the molecule is CCC(C)(C)C(=O)NC(=O)C12CCC(C)(C(=O)O1)C2(C)C.CCC(C)(C)C(=O)NC(=O)c1c(F)c(F)c(F)c(F)c1F.CCC(C)(C)C(=O)NCC(C)(C)C.CCC(C)(C)C(=O)NCC12CC3CC(CC(C3)C1)C2.CCC(C)(C)C(=O)NCC1C2CC3C(OC(=O)C13)C2C(=O)OC.CCC(C)(C)C(=O)NCC1CCCC1.CCC(C)(C)C(=O)NCC1CCCCC1.CCCCCNC(=O)C(C)(C)CC. The quantitative estimate of drug-likeness (QED) is 0.00830. The minimum atomic E-state index is -2.37. The van der Waals surface area contributed by atoms with Crippen LogP contribution in [-0.4, -0.2) is 135 Å². The number of ether oxygens (including phenoxy) is 3. The molecule has 0 spiro atoms. The highest BCUT2D eigenvalue weighted by molar-refractivity contribution is 6.07. The number of benzene rings is 1. The summed E-state index contributed by atoms with van der Waals surface area (Å²) in [5.74, 6) is -10.7. The summed E-state index contributed by atoms with van der Waals surface area (Å²) < 4.78 is 81.4. The van der Waals surface area contributed by atoms with Gasteiger partial charge in [0.15, 0.2) is 28.9 Å². The Kier molecular flexibility index (Phi) is 45.6. The van der Waals surface area contributed by atoms with Gasteiger partial charge in [-0.25, -0.2) is 22.0 Å². The fourth-order valence-electron chi connectivity index (χ4n) is 19.9. The van der Waals surface area contributed by atoms with Crippen molar-refractivity contribution >= 4 is 77.0 Å². The molecule has 0 radical (unpaired) electrons. The number of esters is 3. The third-order valence-electron chi connectivity index (χ3n) is 34.0. The van der Waals surface area contributed by atoms with E-state index in [1.54, 1.807) is 26.1 Å². The molecule has 796 valence electrons. The van der Waals surface area contributed by atoms with Gasteiger partial charge in [-0.2, -0.15) is 0 Å². The number of methoxy groups -OCH3 is 1. The second-order valence-corrected chi connectivity index (χ2v) is 48.9. The molecule has 11 aliphatic rings. The molecule has 8 atom stereocenters. The summed E-state index contributed by atoms with van der Waals surface area (Å²) in [6.07, 6.45) is 31.8. The van der Waals surface area contributed by atoms with Crippen LogP contribution in [0.1, 0.15) is 411 Å². The lowest BCUT2D eigenvalue weighted by atomic mass is 9.49. The largest absolute Gasteiger partial charge is 0.469 e. The molecule has 9 aliphatic carbocycles. The highest BCUT2D eigenvalue weighted by Crippen LogP contribution is 2.66. The molecular weight excluding hydrogens is 1780 g/mol. The third kappa shape index (κ3) is 31.9. The first-order valence-electron chi connectivity index (χ1n) is 52.5. The molecule has 8 N–H and O–H groups in total. The number of rotatable bonds is 32. The molecule has 11 fully saturated rings. The Hall–Kier alpha value is -7.62. The molecule has 2 saturated heterocycles. The summed E-state index contributed by atoms with van der Waals surface area (Å²) in [4.78, 5) is 156. The van der Waals surface area contributed by atoms with Gasteiger partial charge in [0.1, 0.15) is 11.7 Å². The first kappa shape index (κ1) is 124. The van der Waals surface area contributed by atoms with E-state index in [0.29, 0.717) is 37.6 Å². The van der Waals surface area contributed by atoms with Gasteiger partial charge in [0.05, 0.1) is 24.4 Å². The zero-order chi connectivity index (χ0) is 106. The van der Waals surface area contributed by atoms with Crippen molar-refractivity contribution in [2.24, 2.45) is 124 Å². The van der Waals surface area contributed by atoms with Gasteiger partial charge in [-0.3, -0.25) is 73.0 Å². The predicted octanol–water partition coefficient (Wildman–Crippen LogP) is 21.3. The van der Waals surface area contributed by atoms with E-state index in [2.05, 4.69) is 99.5 Å². The van der Waals surface area contributed by atoms with Gasteiger partial charge in [-0.05, 0) is 200 Å². The Morgan fingerprint density at radius 2 is 0.777 bits per heavy atom. The number of halogens is 5. The van der Waals surface area contributed by atoms with E-state index in [1.165, 1.54) is 130 Å². The molecule has 29 heteroatoms. The average Bonchev–Trinajstić information content (AvgIpc) is 1.52. The van der Waals surface area contributed by atoms with Crippen LogP contribution in [0.3, 0.4) is 0 Å². The van der Waals surface area contributed by atoms with Crippen LogP contribution >= 0.6 is 0 Å². The summed E-state index contributed by atoms with van der Waals surface area (Å²) in [6, 6.07) is 0. The molecule has 10 amide bonds. The first-order chi connectivity index (χ1) is 64.1. The average molecular weight is 1970 g/mol. The van der Waals surface area contributed by atoms with Gasteiger partial charge in [-0.15, -0.1) is 0 Å². The number of nitrogens with one attached hydrogen (secondary N) is 8. The standard InChI is InChI=1S/C17H25NO5.C17H29NO.C16H25NO4.C13H12F5NO2.C13H25NO.C12H23NO.2C11H23NO/c1-5-17(2,3)16(21)18-7-10-8-6-9-11(10)15(20)23-13(9)12(8)14(19)22-4;1-4-16(2,3)15(19)18-11-17-8-12-5-13(9-17)7-14(6-12)10-17;1-7-13(2,3)10(18)17-11(19)16-9-8-15(6,12(20)21-16)14(16,4)5;1-4-13(2,3)12(21)19-11(20)5-6(14)8(16)10(18)9(17)7(5)15;1-4-13(2,3)12(15)14-10-11-8-6-5-7-9-11;1-4-12(2,3)11(14)13-9-10-7-5-6-8-10;1-7-11(5,6)9(13)12-8-10(2,3)4;1-5-7-8-9-12-10(13)11(3,4)6-2/h8-13H,5-7H2,1-4H3,(H,18,21);12-14H,4-11H2,1-3H3,(H,18,19);7-9H2,1-6H3,(H,17,18,19);4H2,1-3H3,(H,19,20,21);11H,4-10H2,1-3H3,(H,14,15);10H,4-9H2,1-3H3,(H,13,14);7-8H2,1-6H3,(H,12,13);5-9H2,1-4H3,(H,12,13). The minimum Gasteiger partial charge on any atom is -0.469 e. The maximum atomic E-state index is 13.4. The van der Waals surface area contributed by atoms with Crippen molar-refractivity contribution in [1.29, 1.82) is 0 Å². The smallest absolute Gasteiger partial charge is 0.313 e. The molecular formula is C110H185F5N8O16. The summed E-state index contributed by atoms with van der Waals surface area (Å²) in [7, 11) is 1.36. The maximum absolute atomic E-state index is 13.4. The number of carbonyl (C=O) groups is 13. The van der Waals surface area contributed by atoms with Crippen molar-refractivity contribution in [2.45, 2.75) is 413 Å². The molecule has 2 aliphatic heterocycles. The third-order valence-corrected chi connectivity index (χ3v) is 34.0. The lowest BCUT2D eigenvalue weighted by Crippen LogP contribution is -2.56. The van der Waals surface area contributed by atoms with Crippen molar-refractivity contribution in [2.75, 3.05) is 46.4 Å². The summed E-state index contributed by atoms with van der Waals surface area (Å²) >= 11 is 0. The van der Waals surface area contributed by atoms with Crippen LogP contribution < -0.4 is 42.5 Å². The molecule has 8 unspecified atom stereocenters. The van der Waals surface area contributed by atoms with Crippen molar-refractivity contribution in [1.82, 2.24) is 42.5 Å². The van der Waals surface area contributed by atoms with Gasteiger partial charge in [0.25, 0.3) is 11.8 Å². The van der Waals surface area contributed by atoms with E-state index >= 15 is 0 Å². The van der Waals surface area contributed by atoms with E-state index in [-0.39, 0.29) is 127 Å². The van der Waals surface area contributed by atoms with Crippen LogP contribution in [0.25, 0.3) is 0 Å². The number of imide groups is 2. The number of unbranched alkanes of at least 4 members (excludes halogenated alkanes) is 2. The first-order valence-corrected chi connectivity index (χ1v) is 52.5. The number of hydrogen-bond donors (Lipinski definition) is 8. The Labute approximate surface area is 831 Å². The lowest BCUT2D eigenvalue weighted by molar-refractivity contribution is -0.169. The second-order valence-electron chi connectivity index (χ2n) is 48.9. The van der Waals surface area contributed by atoms with Crippen LogP contribution in [0.4, 0.5) is 22.0 Å². The van der Waals surface area contributed by atoms with Crippen molar-refractivity contribution in [3.05, 3.63) is 34.6 Å². The van der Waals surface area contributed by atoms with Gasteiger partial charge in [-0.1, -0.05) is 253 Å². The van der Waals surface area contributed by atoms with E-state index in [4.69, 9.17) is 14.2 Å². The zero-order valence-electron chi connectivity index (χ0n) is 91.5. The van der Waals surface area contributed by atoms with Crippen molar-refractivity contribution in [3.63, 3.8) is 0 Å². The Morgan fingerprint density at radius 1 is 0.417 bits per heavy atom. The van der Waals surface area contributed by atoms with Gasteiger partial charge >= 0.3 is 17.9 Å². The second kappa shape index (κ2) is 51.2. The molecule has 2 heterocycles. The van der Waals surface area contributed by atoms with Crippen LogP contribution in [0, 0.1) is 153 Å². The lowest BCUT2D eigenvalue weighted by Gasteiger charge is -2.57. The number of hydrogen-bond acceptors (Lipinski definition) is 16. The molecule has 0 aromatic heterocycles. The number of carbonyl (C=O) groups excluding carboxylic acids is 13. The summed E-state index contributed by atoms with van der Waals surface area (Å²) in [5.41, 5.74) is -6.70. The topological polar surface area (TPSA) is 346 Å². The van der Waals surface area contributed by atoms with Crippen molar-refractivity contribution < 1.29 is 98.5 Å². The number of amides is 10. The van der Waals surface area contributed by atoms with E-state index in [1.807, 2.05) is 118 Å². The molecule has 1 aromatic rings.